The van der Waals surface area contributed by atoms with Gasteiger partial charge in [0.25, 0.3) is 0 Å². The van der Waals surface area contributed by atoms with Crippen LogP contribution in [0.25, 0.3) is 0 Å². The number of nitrogens with one attached hydrogen (secondary N) is 1. The number of nitrogens with zero attached hydrogens (tertiary/aromatic N) is 1. The second-order valence-electron chi connectivity index (χ2n) is 7.42. The van der Waals surface area contributed by atoms with Crippen molar-refractivity contribution in [1.29, 1.82) is 0 Å². The van der Waals surface area contributed by atoms with Crippen molar-refractivity contribution in [3.05, 3.63) is 46.9 Å². The van der Waals surface area contributed by atoms with Crippen LogP contribution in [0, 0.1) is 5.82 Å². The second kappa shape index (κ2) is 11.5. The first-order valence-corrected chi connectivity index (χ1v) is 10.6. The van der Waals surface area contributed by atoms with Gasteiger partial charge >= 0.3 is 5.97 Å². The predicted octanol–water partition coefficient (Wildman–Crippen LogP) is 3.68. The van der Waals surface area contributed by atoms with Crippen molar-refractivity contribution in [3.63, 3.8) is 0 Å². The van der Waals surface area contributed by atoms with Crippen molar-refractivity contribution in [2.45, 2.75) is 58.8 Å². The Morgan fingerprint density at radius 2 is 2.00 bits per heavy atom. The fourth-order valence-corrected chi connectivity index (χ4v) is 3.66. The maximum absolute atomic E-state index is 13.8. The number of benzene rings is 1. The van der Waals surface area contributed by atoms with Gasteiger partial charge in [0.05, 0.1) is 12.2 Å². The SMILES string of the molecule is CCCCCCNC(=O)CN1C(=O)C[C@@H](c2cccc(F)c2)C(C(=O)OCC)=C1C. The van der Waals surface area contributed by atoms with E-state index < -0.39 is 17.7 Å². The van der Waals surface area contributed by atoms with E-state index in [9.17, 15) is 18.8 Å². The third-order valence-corrected chi connectivity index (χ3v) is 5.22. The highest BCUT2D eigenvalue weighted by Gasteiger charge is 2.37. The Bertz CT molecular complexity index is 806. The van der Waals surface area contributed by atoms with Crippen LogP contribution in [0.2, 0.25) is 0 Å². The molecule has 0 fully saturated rings. The Balaban J connectivity index is 2.22. The van der Waals surface area contributed by atoms with Crippen molar-refractivity contribution >= 4 is 17.8 Å². The van der Waals surface area contributed by atoms with Crippen LogP contribution in [0.3, 0.4) is 0 Å². The lowest BCUT2D eigenvalue weighted by Crippen LogP contribution is -2.44. The summed E-state index contributed by atoms with van der Waals surface area (Å²) in [7, 11) is 0. The topological polar surface area (TPSA) is 75.7 Å². The van der Waals surface area contributed by atoms with Crippen molar-refractivity contribution in [2.75, 3.05) is 19.7 Å². The summed E-state index contributed by atoms with van der Waals surface area (Å²) in [4.78, 5) is 39.2. The molecule has 164 valence electrons. The Hall–Kier alpha value is -2.70. The molecule has 1 aromatic rings. The Labute approximate surface area is 177 Å². The molecule has 1 atom stereocenters. The molecule has 2 amide bonds. The summed E-state index contributed by atoms with van der Waals surface area (Å²) in [5.74, 6) is -2.16. The number of ether oxygens (including phenoxy) is 1. The van der Waals surface area contributed by atoms with E-state index in [-0.39, 0.29) is 37.0 Å². The molecule has 2 rings (SSSR count). The molecule has 0 saturated heterocycles. The van der Waals surface area contributed by atoms with Crippen molar-refractivity contribution in [3.8, 4) is 0 Å². The highest BCUT2D eigenvalue weighted by atomic mass is 19.1. The number of hydrogen-bond acceptors (Lipinski definition) is 4. The summed E-state index contributed by atoms with van der Waals surface area (Å²) < 4.78 is 19.0. The summed E-state index contributed by atoms with van der Waals surface area (Å²) in [5.41, 5.74) is 1.20. The normalized spacial score (nSPS) is 16.6. The average molecular weight is 419 g/mol. The Morgan fingerprint density at radius 3 is 2.67 bits per heavy atom. The standard InChI is InChI=1S/C23H31FN2O4/c1-4-6-7-8-12-25-20(27)15-26-16(3)22(23(29)30-5-2)19(14-21(26)28)17-10-9-11-18(24)13-17/h9-11,13,19H,4-8,12,14-15H2,1-3H3,(H,25,27)/t19-/m0/s1. The average Bonchev–Trinajstić information content (AvgIpc) is 2.70. The smallest absolute Gasteiger partial charge is 0.336 e. The van der Waals surface area contributed by atoms with Gasteiger partial charge in [0.1, 0.15) is 12.4 Å². The minimum atomic E-state index is -0.611. The van der Waals surface area contributed by atoms with Gasteiger partial charge in [-0.15, -0.1) is 0 Å². The third-order valence-electron chi connectivity index (χ3n) is 5.22. The fourth-order valence-electron chi connectivity index (χ4n) is 3.66. The quantitative estimate of drug-likeness (QED) is 0.465. The second-order valence-corrected chi connectivity index (χ2v) is 7.42. The highest BCUT2D eigenvalue weighted by Crippen LogP contribution is 2.37. The summed E-state index contributed by atoms with van der Waals surface area (Å²) in [6, 6.07) is 5.87. The highest BCUT2D eigenvalue weighted by molar-refractivity contribution is 5.97. The van der Waals surface area contributed by atoms with E-state index in [1.165, 1.54) is 17.0 Å². The number of hydrogen-bond donors (Lipinski definition) is 1. The van der Waals surface area contributed by atoms with Gasteiger partial charge in [-0.05, 0) is 38.0 Å². The number of esters is 1. The first kappa shape index (κ1) is 23.6. The first-order valence-electron chi connectivity index (χ1n) is 10.6. The van der Waals surface area contributed by atoms with Crippen LogP contribution in [-0.4, -0.2) is 42.4 Å². The minimum absolute atomic E-state index is 0.0290. The van der Waals surface area contributed by atoms with Gasteiger partial charge in [-0.1, -0.05) is 38.3 Å². The largest absolute Gasteiger partial charge is 0.463 e. The van der Waals surface area contributed by atoms with Crippen molar-refractivity contribution in [2.24, 2.45) is 0 Å². The number of halogens is 1. The third kappa shape index (κ3) is 6.15. The molecule has 0 radical (unpaired) electrons. The van der Waals surface area contributed by atoms with Crippen molar-refractivity contribution < 1.29 is 23.5 Å². The van der Waals surface area contributed by atoms with E-state index in [0.29, 0.717) is 17.8 Å². The number of rotatable bonds is 10. The van der Waals surface area contributed by atoms with Gasteiger partial charge in [-0.25, -0.2) is 9.18 Å². The summed E-state index contributed by atoms with van der Waals surface area (Å²) in [6.07, 6.45) is 4.13. The molecule has 7 heteroatoms. The summed E-state index contributed by atoms with van der Waals surface area (Å²) in [5, 5.41) is 2.83. The molecule has 6 nitrogen and oxygen atoms in total. The molecule has 1 heterocycles. The van der Waals surface area contributed by atoms with E-state index in [1.54, 1.807) is 26.0 Å². The van der Waals surface area contributed by atoms with Crippen LogP contribution >= 0.6 is 0 Å². The Morgan fingerprint density at radius 1 is 1.23 bits per heavy atom. The lowest BCUT2D eigenvalue weighted by Gasteiger charge is -2.34. The van der Waals surface area contributed by atoms with Crippen LogP contribution in [0.1, 0.15) is 64.4 Å². The Kier molecular flexibility index (Phi) is 9.02. The van der Waals surface area contributed by atoms with Gasteiger partial charge < -0.3 is 15.0 Å². The van der Waals surface area contributed by atoms with Crippen LogP contribution in [0.15, 0.2) is 35.5 Å². The lowest BCUT2D eigenvalue weighted by atomic mass is 9.83. The van der Waals surface area contributed by atoms with Crippen LogP contribution in [-0.2, 0) is 19.1 Å². The molecule has 0 aliphatic carbocycles. The predicted molar refractivity (Wildman–Crippen MR) is 112 cm³/mol. The fraction of sp³-hybridized carbons (Fsp3) is 0.522. The zero-order chi connectivity index (χ0) is 22.1. The number of carbonyl (C=O) groups is 3. The monoisotopic (exact) mass is 418 g/mol. The van der Waals surface area contributed by atoms with E-state index in [2.05, 4.69) is 12.2 Å². The minimum Gasteiger partial charge on any atom is -0.463 e. The molecule has 0 saturated carbocycles. The molecule has 30 heavy (non-hydrogen) atoms. The van der Waals surface area contributed by atoms with Gasteiger partial charge in [-0.3, -0.25) is 9.59 Å². The number of unbranched alkanes of at least 4 members (excludes halogenated alkanes) is 3. The molecule has 1 N–H and O–H groups in total. The zero-order valence-corrected chi connectivity index (χ0v) is 18.0. The van der Waals surface area contributed by atoms with Crippen molar-refractivity contribution in [1.82, 2.24) is 10.2 Å². The van der Waals surface area contributed by atoms with Gasteiger partial charge in [-0.2, -0.15) is 0 Å². The molecule has 1 aliphatic heterocycles. The number of carbonyl (C=O) groups excluding carboxylic acids is 3. The first-order chi connectivity index (χ1) is 14.4. The molecule has 0 bridgehead atoms. The molecule has 0 spiro atoms. The number of amides is 2. The zero-order valence-electron chi connectivity index (χ0n) is 18.0. The van der Waals surface area contributed by atoms with E-state index in [1.807, 2.05) is 0 Å². The summed E-state index contributed by atoms with van der Waals surface area (Å²) >= 11 is 0. The van der Waals surface area contributed by atoms with Crippen LogP contribution in [0.5, 0.6) is 0 Å². The van der Waals surface area contributed by atoms with E-state index in [0.717, 1.165) is 25.7 Å². The van der Waals surface area contributed by atoms with E-state index >= 15 is 0 Å². The molecule has 1 aromatic carbocycles. The van der Waals surface area contributed by atoms with Gasteiger partial charge in [0.15, 0.2) is 0 Å². The molecule has 0 unspecified atom stereocenters. The lowest BCUT2D eigenvalue weighted by molar-refractivity contribution is -0.141. The molecule has 0 aromatic heterocycles. The van der Waals surface area contributed by atoms with Gasteiger partial charge in [0.2, 0.25) is 11.8 Å². The van der Waals surface area contributed by atoms with Crippen LogP contribution in [0.4, 0.5) is 4.39 Å². The molecular formula is C23H31FN2O4. The summed E-state index contributed by atoms with van der Waals surface area (Å²) in [6.45, 7) is 6.02. The molecular weight excluding hydrogens is 387 g/mol. The maximum Gasteiger partial charge on any atom is 0.336 e. The number of allylic oxidation sites excluding steroid dienone is 1. The van der Waals surface area contributed by atoms with E-state index in [4.69, 9.17) is 4.74 Å². The van der Waals surface area contributed by atoms with Gasteiger partial charge in [0, 0.05) is 24.6 Å². The maximum atomic E-state index is 13.8. The molecule has 1 aliphatic rings. The van der Waals surface area contributed by atoms with Crippen LogP contribution < -0.4 is 5.32 Å².